The van der Waals surface area contributed by atoms with Crippen LogP contribution in [0.25, 0.3) is 10.9 Å². The first-order valence-corrected chi connectivity index (χ1v) is 15.9. The van der Waals surface area contributed by atoms with Crippen LogP contribution in [-0.2, 0) is 4.74 Å². The molecule has 2 aliphatic rings. The lowest BCUT2D eigenvalue weighted by molar-refractivity contribution is 0.0368. The lowest BCUT2D eigenvalue weighted by Crippen LogP contribution is -2.37. The molecule has 3 heterocycles. The minimum atomic E-state index is -1.63. The topological polar surface area (TPSA) is 104 Å². The number of benzene rings is 3. The molecule has 3 aromatic carbocycles. The zero-order chi connectivity index (χ0) is 32.4. The van der Waals surface area contributed by atoms with Crippen molar-refractivity contribution in [3.05, 3.63) is 112 Å². The third-order valence-corrected chi connectivity index (χ3v) is 8.78. The Bertz CT molecular complexity index is 1910. The first-order valence-electron chi connectivity index (χ1n) is 16.0. The summed E-state index contributed by atoms with van der Waals surface area (Å²) in [7, 11) is 0. The van der Waals surface area contributed by atoms with Gasteiger partial charge in [0.15, 0.2) is 0 Å². The van der Waals surface area contributed by atoms with E-state index >= 15 is 0 Å². The van der Waals surface area contributed by atoms with E-state index in [9.17, 15) is 11.0 Å². The number of morpholine rings is 1. The summed E-state index contributed by atoms with van der Waals surface area (Å²) in [6, 6.07) is 20.3. The number of nitrogens with zero attached hydrogens (tertiary/aromatic N) is 6. The van der Waals surface area contributed by atoms with Gasteiger partial charge in [0.1, 0.15) is 17.6 Å². The van der Waals surface area contributed by atoms with Crippen LogP contribution in [0.2, 0.25) is 5.02 Å². The van der Waals surface area contributed by atoms with Crippen LogP contribution in [0.4, 0.5) is 15.8 Å². The van der Waals surface area contributed by atoms with Crippen molar-refractivity contribution in [3.63, 3.8) is 0 Å². The van der Waals surface area contributed by atoms with Crippen molar-refractivity contribution in [2.75, 3.05) is 43.5 Å². The maximum absolute atomic E-state index is 14.0. The number of pyridine rings is 1. The summed E-state index contributed by atoms with van der Waals surface area (Å²) in [6.45, 7) is 4.06. The Hall–Kier alpha value is -4.56. The Balaban J connectivity index is 1.28. The zero-order valence-electron chi connectivity index (χ0n) is 26.2. The number of nitriles is 1. The highest BCUT2D eigenvalue weighted by atomic mass is 35.5. The molecule has 1 aliphatic carbocycles. The molecule has 0 bridgehead atoms. The van der Waals surface area contributed by atoms with Crippen molar-refractivity contribution < 1.29 is 10.5 Å². The van der Waals surface area contributed by atoms with Crippen molar-refractivity contribution in [1.82, 2.24) is 24.9 Å². The molecule has 1 saturated carbocycles. The van der Waals surface area contributed by atoms with E-state index in [-0.39, 0.29) is 12.1 Å². The van der Waals surface area contributed by atoms with Gasteiger partial charge in [-0.05, 0) is 54.7 Å². The first-order chi connectivity index (χ1) is 22.9. The van der Waals surface area contributed by atoms with Gasteiger partial charge in [0.05, 0.1) is 60.7 Å². The molecule has 0 radical (unpaired) electrons. The van der Waals surface area contributed by atoms with Crippen LogP contribution in [0.15, 0.2) is 79.1 Å². The number of hydrogen-bond donors (Lipinski definition) is 2. The van der Waals surface area contributed by atoms with Gasteiger partial charge in [0.2, 0.25) is 0 Å². The molecule has 0 amide bonds. The van der Waals surface area contributed by atoms with Crippen LogP contribution in [0.3, 0.4) is 0 Å². The van der Waals surface area contributed by atoms with Gasteiger partial charge < -0.3 is 15.4 Å². The van der Waals surface area contributed by atoms with Crippen molar-refractivity contribution in [2.24, 2.45) is 0 Å². The molecular weight excluding hydrogens is 603 g/mol. The van der Waals surface area contributed by atoms with Gasteiger partial charge in [0.25, 0.3) is 0 Å². The lowest BCUT2D eigenvalue weighted by atomic mass is 10.0. The Morgan fingerprint density at radius 3 is 2.59 bits per heavy atom. The van der Waals surface area contributed by atoms with E-state index in [1.807, 2.05) is 24.3 Å². The fraction of sp³-hybridized carbons (Fsp3) is 0.314. The molecule has 9 nitrogen and oxygen atoms in total. The minimum absolute atomic E-state index is 0.112. The Morgan fingerprint density at radius 1 is 1.07 bits per heavy atom. The largest absolute Gasteiger partial charge is 0.379 e. The predicted molar refractivity (Wildman–Crippen MR) is 176 cm³/mol. The molecule has 1 aliphatic heterocycles. The van der Waals surface area contributed by atoms with Crippen LogP contribution in [0.1, 0.15) is 61.1 Å². The minimum Gasteiger partial charge on any atom is -0.379 e. The molecule has 11 heteroatoms. The van der Waals surface area contributed by atoms with Crippen LogP contribution in [-0.4, -0.2) is 57.7 Å². The van der Waals surface area contributed by atoms with Crippen molar-refractivity contribution >= 4 is 33.9 Å². The Labute approximate surface area is 273 Å². The second-order valence-electron chi connectivity index (χ2n) is 11.7. The van der Waals surface area contributed by atoms with Gasteiger partial charge in [-0.15, -0.1) is 5.10 Å². The highest BCUT2D eigenvalue weighted by molar-refractivity contribution is 6.35. The SMILES string of the molecule is [2H][C@](Nc1cc(Cl)c2ncc(C#N)c(N[C@H](CCN3CCOCC3)c3ccccc3)c2c1)(c1ccc(F)cc1)c1cn(C2CC2)nn1. The van der Waals surface area contributed by atoms with E-state index in [0.717, 1.165) is 57.7 Å². The fourth-order valence-electron chi connectivity index (χ4n) is 5.84. The second-order valence-corrected chi connectivity index (χ2v) is 12.1. The first kappa shape index (κ1) is 28.9. The number of ether oxygens (including phenoxy) is 1. The van der Waals surface area contributed by atoms with E-state index in [1.165, 1.54) is 18.3 Å². The van der Waals surface area contributed by atoms with Gasteiger partial charge in [-0.25, -0.2) is 9.07 Å². The Morgan fingerprint density at radius 2 is 1.85 bits per heavy atom. The molecule has 7 rings (SSSR count). The van der Waals surface area contributed by atoms with Gasteiger partial charge in [-0.1, -0.05) is 59.3 Å². The monoisotopic (exact) mass is 637 g/mol. The summed E-state index contributed by atoms with van der Waals surface area (Å²) >= 11 is 6.87. The number of nitrogens with one attached hydrogen (secondary N) is 2. The molecule has 2 fully saturated rings. The second kappa shape index (κ2) is 13.4. The third-order valence-electron chi connectivity index (χ3n) is 8.49. The number of anilines is 2. The molecule has 1 saturated heterocycles. The molecule has 5 aromatic rings. The average Bonchev–Trinajstić information content (AvgIpc) is 3.83. The fourth-order valence-corrected chi connectivity index (χ4v) is 6.11. The number of aromatic nitrogens is 4. The van der Waals surface area contributed by atoms with E-state index in [4.69, 9.17) is 16.3 Å². The highest BCUT2D eigenvalue weighted by Gasteiger charge is 2.27. The van der Waals surface area contributed by atoms with Gasteiger partial charge in [0, 0.05) is 36.9 Å². The molecular formula is C35H34ClFN8O. The highest BCUT2D eigenvalue weighted by Crippen LogP contribution is 2.38. The molecule has 0 spiro atoms. The van der Waals surface area contributed by atoms with Gasteiger partial charge in [-0.3, -0.25) is 9.88 Å². The molecule has 2 aromatic heterocycles. The summed E-state index contributed by atoms with van der Waals surface area (Å²) in [5.41, 5.74) is 3.95. The third kappa shape index (κ3) is 6.67. The van der Waals surface area contributed by atoms with Crippen LogP contribution < -0.4 is 10.6 Å². The summed E-state index contributed by atoms with van der Waals surface area (Å²) in [5.74, 6) is -0.404. The molecule has 46 heavy (non-hydrogen) atoms. The summed E-state index contributed by atoms with van der Waals surface area (Å²) < 4.78 is 31.0. The molecule has 2 atom stereocenters. The molecule has 0 unspecified atom stereocenters. The summed E-state index contributed by atoms with van der Waals surface area (Å²) in [4.78, 5) is 6.93. The van der Waals surface area contributed by atoms with Crippen molar-refractivity contribution in [1.29, 1.82) is 5.26 Å². The number of halogens is 2. The maximum atomic E-state index is 14.0. The number of rotatable bonds is 11. The Kier molecular flexibility index (Phi) is 8.43. The van der Waals surface area contributed by atoms with Crippen molar-refractivity contribution in [3.8, 4) is 6.07 Å². The quantitative estimate of drug-likeness (QED) is 0.161. The normalized spacial score (nSPS) is 17.5. The van der Waals surface area contributed by atoms with Gasteiger partial charge >= 0.3 is 0 Å². The van der Waals surface area contributed by atoms with E-state index in [2.05, 4.69) is 49.0 Å². The maximum Gasteiger partial charge on any atom is 0.123 e. The smallest absolute Gasteiger partial charge is 0.123 e. The molecule has 2 N–H and O–H groups in total. The lowest BCUT2D eigenvalue weighted by Gasteiger charge is -2.29. The average molecular weight is 638 g/mol. The van der Waals surface area contributed by atoms with Gasteiger partial charge in [-0.2, -0.15) is 5.26 Å². The van der Waals surface area contributed by atoms with E-state index < -0.39 is 11.8 Å². The standard InChI is InChI=1S/C35H34ClFN8O/c36-30-19-27(40-34(24-6-8-26(37)9-7-24)32-22-45(43-42-32)28-10-11-28)18-29-33(25(20-38)21-39-35(29)30)41-31(23-4-2-1-3-5-23)12-13-44-14-16-46-17-15-44/h1-9,18-19,21-22,28,31,34,40H,10-17H2,(H,39,41)/t31-,34+/m1/s1/i34D. The van der Waals surface area contributed by atoms with Crippen LogP contribution >= 0.6 is 11.6 Å². The van der Waals surface area contributed by atoms with Crippen LogP contribution in [0.5, 0.6) is 0 Å². The number of fused-ring (bicyclic) bond motifs is 1. The van der Waals surface area contributed by atoms with Crippen molar-refractivity contribution in [2.45, 2.75) is 37.4 Å². The van der Waals surface area contributed by atoms with E-state index in [1.54, 1.807) is 29.1 Å². The van der Waals surface area contributed by atoms with E-state index in [0.29, 0.717) is 44.1 Å². The number of hydrogen-bond acceptors (Lipinski definition) is 8. The predicted octanol–water partition coefficient (Wildman–Crippen LogP) is 6.90. The van der Waals surface area contributed by atoms with Crippen LogP contribution in [0, 0.1) is 17.1 Å². The summed E-state index contributed by atoms with van der Waals surface area (Å²) in [6.07, 6.45) is 6.13. The zero-order valence-corrected chi connectivity index (χ0v) is 25.9. The summed E-state index contributed by atoms with van der Waals surface area (Å²) in [5, 5.41) is 26.9. The molecule has 234 valence electrons.